The topological polar surface area (TPSA) is 98.8 Å². The lowest BCUT2D eigenvalue weighted by atomic mass is 10.1. The average molecular weight is 359 g/mol. The normalized spacial score (nSPS) is 10.7. The minimum atomic E-state index is -0.590. The van der Waals surface area contributed by atoms with Crippen LogP contribution < -0.4 is 5.32 Å². The molecule has 1 N–H and O–H groups in total. The van der Waals surface area contributed by atoms with Gasteiger partial charge in [0.15, 0.2) is 5.78 Å². The van der Waals surface area contributed by atoms with Crippen molar-refractivity contribution in [1.82, 2.24) is 0 Å². The van der Waals surface area contributed by atoms with E-state index in [0.29, 0.717) is 5.69 Å². The molecule has 0 fully saturated rings. The molecule has 1 aromatic carbocycles. The van der Waals surface area contributed by atoms with Crippen molar-refractivity contribution in [3.8, 4) is 0 Å². The Morgan fingerprint density at radius 1 is 0.846 bits per heavy atom. The first kappa shape index (κ1) is 20.8. The number of nitrogens with one attached hydrogen (secondary N) is 1. The van der Waals surface area contributed by atoms with Crippen LogP contribution in [0.2, 0.25) is 0 Å². The number of hydrogen-bond acceptors (Lipinski definition) is 6. The third kappa shape index (κ3) is 8.58. The molecule has 0 aromatic heterocycles. The second-order valence-corrected chi connectivity index (χ2v) is 5.00. The number of anilines is 1. The van der Waals surface area contributed by atoms with Gasteiger partial charge in [-0.15, -0.1) is 0 Å². The number of allylic oxidation sites excluding steroid dienone is 1. The van der Waals surface area contributed by atoms with Crippen LogP contribution in [-0.4, -0.2) is 36.8 Å². The number of carbonyl (C=O) groups is 4. The lowest BCUT2D eigenvalue weighted by Gasteiger charge is -2.04. The summed E-state index contributed by atoms with van der Waals surface area (Å²) in [4.78, 5) is 45.7. The Labute approximate surface area is 151 Å². The van der Waals surface area contributed by atoms with Gasteiger partial charge in [-0.2, -0.15) is 0 Å². The molecule has 26 heavy (non-hydrogen) atoms. The SMILES string of the molecule is CCOC(=O)/C=C/C(=O)Cc1ccc(NC(=O)/C=C/C(=O)OCC)cc1. The number of amides is 1. The van der Waals surface area contributed by atoms with Crippen molar-refractivity contribution in [1.29, 1.82) is 0 Å². The van der Waals surface area contributed by atoms with Crippen molar-refractivity contribution in [3.63, 3.8) is 0 Å². The third-order valence-electron chi connectivity index (χ3n) is 2.95. The van der Waals surface area contributed by atoms with Crippen molar-refractivity contribution in [2.45, 2.75) is 20.3 Å². The highest BCUT2D eigenvalue weighted by Gasteiger charge is 2.04. The first-order chi connectivity index (χ1) is 12.4. The summed E-state index contributed by atoms with van der Waals surface area (Å²) < 4.78 is 9.36. The summed E-state index contributed by atoms with van der Waals surface area (Å²) in [5.74, 6) is -1.87. The van der Waals surface area contributed by atoms with Gasteiger partial charge in [0.1, 0.15) is 0 Å². The van der Waals surface area contributed by atoms with Crippen molar-refractivity contribution in [2.75, 3.05) is 18.5 Å². The highest BCUT2D eigenvalue weighted by molar-refractivity contribution is 6.02. The minimum Gasteiger partial charge on any atom is -0.463 e. The summed E-state index contributed by atoms with van der Waals surface area (Å²) in [5.41, 5.74) is 1.24. The van der Waals surface area contributed by atoms with Crippen LogP contribution in [0, 0.1) is 0 Å². The number of hydrogen-bond donors (Lipinski definition) is 1. The van der Waals surface area contributed by atoms with E-state index in [-0.39, 0.29) is 25.4 Å². The molecule has 7 nitrogen and oxygen atoms in total. The maximum Gasteiger partial charge on any atom is 0.330 e. The second-order valence-electron chi connectivity index (χ2n) is 5.00. The predicted octanol–water partition coefficient (Wildman–Crippen LogP) is 1.98. The summed E-state index contributed by atoms with van der Waals surface area (Å²) in [7, 11) is 0. The highest BCUT2D eigenvalue weighted by Crippen LogP contribution is 2.10. The molecule has 0 bridgehead atoms. The Morgan fingerprint density at radius 2 is 1.38 bits per heavy atom. The number of esters is 2. The number of benzene rings is 1. The van der Waals surface area contributed by atoms with Crippen LogP contribution in [0.4, 0.5) is 5.69 Å². The van der Waals surface area contributed by atoms with Gasteiger partial charge in [-0.25, -0.2) is 9.59 Å². The van der Waals surface area contributed by atoms with Crippen molar-refractivity contribution in [2.24, 2.45) is 0 Å². The van der Waals surface area contributed by atoms with Crippen LogP contribution in [0.25, 0.3) is 0 Å². The number of ether oxygens (including phenoxy) is 2. The van der Waals surface area contributed by atoms with E-state index in [9.17, 15) is 19.2 Å². The molecular formula is C19H21NO6. The molecule has 0 aliphatic carbocycles. The quantitative estimate of drug-likeness (QED) is 0.535. The summed E-state index contributed by atoms with van der Waals surface area (Å²) in [5, 5.41) is 2.58. The zero-order chi connectivity index (χ0) is 19.4. The second kappa shape index (κ2) is 11.4. The number of carbonyl (C=O) groups excluding carboxylic acids is 4. The summed E-state index contributed by atoms with van der Waals surface area (Å²) >= 11 is 0. The van der Waals surface area contributed by atoms with Gasteiger partial charge < -0.3 is 14.8 Å². The fraction of sp³-hybridized carbons (Fsp3) is 0.263. The van der Waals surface area contributed by atoms with Gasteiger partial charge in [0.2, 0.25) is 5.91 Å². The van der Waals surface area contributed by atoms with Crippen LogP contribution >= 0.6 is 0 Å². The van der Waals surface area contributed by atoms with Gasteiger partial charge in [0.05, 0.1) is 13.2 Å². The first-order valence-electron chi connectivity index (χ1n) is 8.07. The third-order valence-corrected chi connectivity index (χ3v) is 2.95. The Hall–Kier alpha value is -3.22. The first-order valence-corrected chi connectivity index (χ1v) is 8.07. The number of ketones is 1. The zero-order valence-corrected chi connectivity index (χ0v) is 14.7. The van der Waals surface area contributed by atoms with Gasteiger partial charge in [-0.3, -0.25) is 9.59 Å². The van der Waals surface area contributed by atoms with E-state index in [1.54, 1.807) is 38.1 Å². The zero-order valence-electron chi connectivity index (χ0n) is 14.7. The molecule has 0 aliphatic heterocycles. The van der Waals surface area contributed by atoms with Crippen LogP contribution in [-0.2, 0) is 35.1 Å². The lowest BCUT2D eigenvalue weighted by Crippen LogP contribution is -2.09. The van der Waals surface area contributed by atoms with Gasteiger partial charge in [-0.05, 0) is 37.6 Å². The van der Waals surface area contributed by atoms with Crippen molar-refractivity contribution < 1.29 is 28.7 Å². The van der Waals surface area contributed by atoms with E-state index in [2.05, 4.69) is 10.1 Å². The minimum absolute atomic E-state index is 0.118. The Bertz CT molecular complexity index is 642. The molecule has 138 valence electrons. The molecule has 1 rings (SSSR count). The van der Waals surface area contributed by atoms with Gasteiger partial charge in [0, 0.05) is 30.3 Å². The molecule has 0 saturated carbocycles. The van der Waals surface area contributed by atoms with E-state index >= 15 is 0 Å². The Balaban J connectivity index is 2.53. The monoisotopic (exact) mass is 359 g/mol. The smallest absolute Gasteiger partial charge is 0.330 e. The molecular weight excluding hydrogens is 338 g/mol. The molecule has 1 aromatic rings. The Morgan fingerprint density at radius 3 is 1.92 bits per heavy atom. The molecule has 0 radical (unpaired) electrons. The van der Waals surface area contributed by atoms with Crippen molar-refractivity contribution in [3.05, 3.63) is 54.1 Å². The molecule has 0 aliphatic rings. The predicted molar refractivity (Wildman–Crippen MR) is 95.3 cm³/mol. The summed E-state index contributed by atoms with van der Waals surface area (Å²) in [6, 6.07) is 6.63. The molecule has 1 amide bonds. The van der Waals surface area contributed by atoms with Crippen molar-refractivity contribution >= 4 is 29.3 Å². The highest BCUT2D eigenvalue weighted by atomic mass is 16.5. The van der Waals surface area contributed by atoms with Gasteiger partial charge >= 0.3 is 11.9 Å². The molecule has 0 saturated heterocycles. The number of rotatable bonds is 9. The van der Waals surface area contributed by atoms with E-state index in [1.165, 1.54) is 6.08 Å². The fourth-order valence-electron chi connectivity index (χ4n) is 1.84. The van der Waals surface area contributed by atoms with Crippen LogP contribution in [0.5, 0.6) is 0 Å². The standard InChI is InChI=1S/C19H21NO6/c1-3-25-18(23)11-9-16(21)13-14-5-7-15(8-6-14)20-17(22)10-12-19(24)26-4-2/h5-12H,3-4,13H2,1-2H3,(H,20,22)/b11-9+,12-10+. The Kier molecular flexibility index (Phi) is 9.09. The maximum absolute atomic E-state index is 11.8. The largest absolute Gasteiger partial charge is 0.463 e. The van der Waals surface area contributed by atoms with Crippen LogP contribution in [0.1, 0.15) is 19.4 Å². The average Bonchev–Trinajstić information content (AvgIpc) is 2.60. The van der Waals surface area contributed by atoms with Gasteiger partial charge in [0.25, 0.3) is 0 Å². The summed E-state index contributed by atoms with van der Waals surface area (Å²) in [6.45, 7) is 3.84. The summed E-state index contributed by atoms with van der Waals surface area (Å²) in [6.07, 6.45) is 4.51. The fourth-order valence-corrected chi connectivity index (χ4v) is 1.84. The molecule has 0 unspecified atom stereocenters. The van der Waals surface area contributed by atoms with Crippen LogP contribution in [0.3, 0.4) is 0 Å². The van der Waals surface area contributed by atoms with E-state index in [4.69, 9.17) is 4.74 Å². The lowest BCUT2D eigenvalue weighted by molar-refractivity contribution is -0.138. The van der Waals surface area contributed by atoms with E-state index < -0.39 is 17.8 Å². The molecule has 7 heteroatoms. The maximum atomic E-state index is 11.8. The van der Waals surface area contributed by atoms with Crippen LogP contribution in [0.15, 0.2) is 48.6 Å². The molecule has 0 spiro atoms. The van der Waals surface area contributed by atoms with E-state index in [0.717, 1.165) is 23.8 Å². The molecule has 0 atom stereocenters. The van der Waals surface area contributed by atoms with E-state index in [1.807, 2.05) is 0 Å². The molecule has 0 heterocycles. The van der Waals surface area contributed by atoms with Gasteiger partial charge in [-0.1, -0.05) is 12.1 Å².